The summed E-state index contributed by atoms with van der Waals surface area (Å²) in [6.07, 6.45) is 4.71. The van der Waals surface area contributed by atoms with E-state index >= 15 is 0 Å². The van der Waals surface area contributed by atoms with Gasteiger partial charge in [-0.2, -0.15) is 0 Å². The van der Waals surface area contributed by atoms with Crippen molar-refractivity contribution in [2.75, 3.05) is 40.9 Å². The minimum Gasteiger partial charge on any atom is -0.493 e. The van der Waals surface area contributed by atoms with E-state index in [0.717, 1.165) is 50.4 Å². The zero-order chi connectivity index (χ0) is 19.9. The molecular weight excluding hydrogens is 354 g/mol. The molecule has 3 rings (SSSR count). The number of likely N-dealkylation sites (tertiary alicyclic amines) is 1. The second-order valence-corrected chi connectivity index (χ2v) is 7.18. The molecule has 0 bridgehead atoms. The van der Waals surface area contributed by atoms with E-state index in [1.54, 1.807) is 26.5 Å². The highest BCUT2D eigenvalue weighted by atomic mass is 16.5. The molecule has 1 aliphatic heterocycles. The first-order valence-corrected chi connectivity index (χ1v) is 9.74. The van der Waals surface area contributed by atoms with Crippen molar-refractivity contribution in [1.82, 2.24) is 14.8 Å². The molecule has 6 heteroatoms. The molecule has 0 unspecified atom stereocenters. The van der Waals surface area contributed by atoms with Crippen LogP contribution in [-0.2, 0) is 6.42 Å². The maximum Gasteiger partial charge on any atom is 0.272 e. The van der Waals surface area contributed by atoms with E-state index < -0.39 is 0 Å². The van der Waals surface area contributed by atoms with Gasteiger partial charge in [0.15, 0.2) is 11.5 Å². The van der Waals surface area contributed by atoms with Gasteiger partial charge < -0.3 is 19.3 Å². The number of amides is 1. The van der Waals surface area contributed by atoms with E-state index in [-0.39, 0.29) is 5.91 Å². The number of ether oxygens (including phenoxy) is 2. The number of benzene rings is 1. The van der Waals surface area contributed by atoms with Crippen LogP contribution in [0.2, 0.25) is 0 Å². The molecule has 0 saturated carbocycles. The fraction of sp³-hybridized carbons (Fsp3) is 0.455. The summed E-state index contributed by atoms with van der Waals surface area (Å²) in [5.74, 6) is 1.53. The number of likely N-dealkylation sites (N-methyl/N-ethyl adjacent to an activating group) is 1. The van der Waals surface area contributed by atoms with Gasteiger partial charge in [-0.3, -0.25) is 9.78 Å². The maximum atomic E-state index is 12.7. The Kier molecular flexibility index (Phi) is 6.87. The summed E-state index contributed by atoms with van der Waals surface area (Å²) in [5, 5.41) is 0. The number of methoxy groups -OCH3 is 2. The third kappa shape index (κ3) is 4.81. The minimum absolute atomic E-state index is 0.0265. The lowest BCUT2D eigenvalue weighted by Gasteiger charge is -2.37. The van der Waals surface area contributed by atoms with Gasteiger partial charge >= 0.3 is 0 Å². The third-order valence-corrected chi connectivity index (χ3v) is 5.39. The van der Waals surface area contributed by atoms with E-state index in [1.165, 1.54) is 5.56 Å². The first kappa shape index (κ1) is 20.1. The normalized spacial score (nSPS) is 16.9. The molecule has 1 aliphatic rings. The number of hydrogen-bond donors (Lipinski definition) is 0. The average Bonchev–Trinajstić information content (AvgIpc) is 2.77. The lowest BCUT2D eigenvalue weighted by atomic mass is 10.0. The van der Waals surface area contributed by atoms with Gasteiger partial charge in [0, 0.05) is 31.9 Å². The predicted octanol–water partition coefficient (Wildman–Crippen LogP) is 2.88. The molecule has 150 valence electrons. The SMILES string of the molecule is COc1ccc(CCN(C)[C@@H]2CCCN(C(=O)c3ccccn3)C2)cc1OC. The molecule has 28 heavy (non-hydrogen) atoms. The van der Waals surface area contributed by atoms with Crippen LogP contribution >= 0.6 is 0 Å². The van der Waals surface area contributed by atoms with Crippen molar-refractivity contribution in [1.29, 1.82) is 0 Å². The van der Waals surface area contributed by atoms with Gasteiger partial charge in [-0.25, -0.2) is 0 Å². The summed E-state index contributed by atoms with van der Waals surface area (Å²) in [7, 11) is 5.44. The summed E-state index contributed by atoms with van der Waals surface area (Å²) in [4.78, 5) is 21.2. The Labute approximate surface area is 167 Å². The van der Waals surface area contributed by atoms with E-state index in [4.69, 9.17) is 9.47 Å². The molecule has 0 spiro atoms. The van der Waals surface area contributed by atoms with Crippen LogP contribution in [0.15, 0.2) is 42.6 Å². The molecule has 2 aromatic rings. The number of piperidine rings is 1. The summed E-state index contributed by atoms with van der Waals surface area (Å²) < 4.78 is 10.7. The van der Waals surface area contributed by atoms with Crippen LogP contribution in [0.1, 0.15) is 28.9 Å². The molecule has 1 saturated heterocycles. The molecular formula is C22H29N3O3. The number of carbonyl (C=O) groups is 1. The molecule has 1 fully saturated rings. The van der Waals surface area contributed by atoms with Crippen LogP contribution in [0.25, 0.3) is 0 Å². The monoisotopic (exact) mass is 383 g/mol. The molecule has 1 aromatic carbocycles. The van der Waals surface area contributed by atoms with Crippen molar-refractivity contribution in [2.45, 2.75) is 25.3 Å². The molecule has 1 aromatic heterocycles. The van der Waals surface area contributed by atoms with Crippen molar-refractivity contribution < 1.29 is 14.3 Å². The second-order valence-electron chi connectivity index (χ2n) is 7.18. The molecule has 0 radical (unpaired) electrons. The molecule has 1 atom stereocenters. The maximum absolute atomic E-state index is 12.7. The fourth-order valence-corrected chi connectivity index (χ4v) is 3.67. The van der Waals surface area contributed by atoms with E-state index in [0.29, 0.717) is 11.7 Å². The highest BCUT2D eigenvalue weighted by Crippen LogP contribution is 2.28. The fourth-order valence-electron chi connectivity index (χ4n) is 3.67. The Balaban J connectivity index is 1.57. The van der Waals surface area contributed by atoms with E-state index in [1.807, 2.05) is 29.2 Å². The van der Waals surface area contributed by atoms with Crippen molar-refractivity contribution in [3.8, 4) is 11.5 Å². The molecule has 0 N–H and O–H groups in total. The number of hydrogen-bond acceptors (Lipinski definition) is 5. The number of aromatic nitrogens is 1. The van der Waals surface area contributed by atoms with Crippen molar-refractivity contribution in [2.24, 2.45) is 0 Å². The van der Waals surface area contributed by atoms with Gasteiger partial charge in [-0.15, -0.1) is 0 Å². The molecule has 6 nitrogen and oxygen atoms in total. The average molecular weight is 383 g/mol. The predicted molar refractivity (Wildman–Crippen MR) is 109 cm³/mol. The Hall–Kier alpha value is -2.60. The second kappa shape index (κ2) is 9.55. The highest BCUT2D eigenvalue weighted by Gasteiger charge is 2.27. The number of carbonyl (C=O) groups excluding carboxylic acids is 1. The summed E-state index contributed by atoms with van der Waals surface area (Å²) in [5.41, 5.74) is 1.73. The van der Waals surface area contributed by atoms with Crippen LogP contribution in [0.4, 0.5) is 0 Å². The molecule has 2 heterocycles. The van der Waals surface area contributed by atoms with Crippen LogP contribution < -0.4 is 9.47 Å². The summed E-state index contributed by atoms with van der Waals surface area (Å²) in [6, 6.07) is 11.9. The van der Waals surface area contributed by atoms with Gasteiger partial charge in [0.05, 0.1) is 14.2 Å². The van der Waals surface area contributed by atoms with Crippen molar-refractivity contribution in [3.05, 3.63) is 53.9 Å². The van der Waals surface area contributed by atoms with E-state index in [2.05, 4.69) is 23.0 Å². The Morgan fingerprint density at radius 1 is 1.21 bits per heavy atom. The minimum atomic E-state index is 0.0265. The first-order chi connectivity index (χ1) is 13.6. The van der Waals surface area contributed by atoms with Gasteiger partial charge in [-0.1, -0.05) is 12.1 Å². The lowest BCUT2D eigenvalue weighted by Crippen LogP contribution is -2.49. The number of pyridine rings is 1. The van der Waals surface area contributed by atoms with Gasteiger partial charge in [0.1, 0.15) is 5.69 Å². The lowest BCUT2D eigenvalue weighted by molar-refractivity contribution is 0.0606. The number of nitrogens with zero attached hydrogens (tertiary/aromatic N) is 3. The Morgan fingerprint density at radius 2 is 2.04 bits per heavy atom. The van der Waals surface area contributed by atoms with Crippen molar-refractivity contribution in [3.63, 3.8) is 0 Å². The van der Waals surface area contributed by atoms with Crippen molar-refractivity contribution >= 4 is 5.91 Å². The Bertz CT molecular complexity index is 782. The van der Waals surface area contributed by atoms with Crippen LogP contribution in [0.5, 0.6) is 11.5 Å². The van der Waals surface area contributed by atoms with Crippen LogP contribution in [0, 0.1) is 0 Å². The zero-order valence-corrected chi connectivity index (χ0v) is 16.9. The van der Waals surface area contributed by atoms with Gasteiger partial charge in [0.2, 0.25) is 0 Å². The number of rotatable bonds is 7. The summed E-state index contributed by atoms with van der Waals surface area (Å²) >= 11 is 0. The first-order valence-electron chi connectivity index (χ1n) is 9.74. The van der Waals surface area contributed by atoms with Crippen LogP contribution in [0.3, 0.4) is 0 Å². The molecule has 1 amide bonds. The van der Waals surface area contributed by atoms with E-state index in [9.17, 15) is 4.79 Å². The largest absolute Gasteiger partial charge is 0.493 e. The van der Waals surface area contributed by atoms with Crippen LogP contribution in [-0.4, -0.2) is 67.6 Å². The Morgan fingerprint density at radius 3 is 2.75 bits per heavy atom. The third-order valence-electron chi connectivity index (χ3n) is 5.39. The standard InChI is InChI=1S/C22H29N3O3/c1-24(14-11-17-9-10-20(27-2)21(15-17)28-3)18-7-6-13-25(16-18)22(26)19-8-4-5-12-23-19/h4-5,8-10,12,15,18H,6-7,11,13-14,16H2,1-3H3/t18-/m1/s1. The topological polar surface area (TPSA) is 54.9 Å². The van der Waals surface area contributed by atoms with Gasteiger partial charge in [-0.05, 0) is 56.1 Å². The van der Waals surface area contributed by atoms with Gasteiger partial charge in [0.25, 0.3) is 5.91 Å². The highest BCUT2D eigenvalue weighted by molar-refractivity contribution is 5.92. The smallest absolute Gasteiger partial charge is 0.272 e. The zero-order valence-electron chi connectivity index (χ0n) is 16.9. The quantitative estimate of drug-likeness (QED) is 0.736. The molecule has 0 aliphatic carbocycles. The summed E-state index contributed by atoms with van der Waals surface area (Å²) in [6.45, 7) is 2.47.